The van der Waals surface area contributed by atoms with E-state index in [-0.39, 0.29) is 12.0 Å². The van der Waals surface area contributed by atoms with Crippen molar-refractivity contribution in [3.05, 3.63) is 29.8 Å². The molecule has 0 bridgehead atoms. The fraction of sp³-hybridized carbons (Fsp3) is 0.429. The molecule has 0 aliphatic carbocycles. The first-order valence-corrected chi connectivity index (χ1v) is 6.51. The van der Waals surface area contributed by atoms with Crippen molar-refractivity contribution in [2.45, 2.75) is 13.8 Å². The lowest BCUT2D eigenvalue weighted by Gasteiger charge is -2.19. The van der Waals surface area contributed by atoms with Crippen LogP contribution in [0.5, 0.6) is 0 Å². The van der Waals surface area contributed by atoms with Crippen molar-refractivity contribution in [3.63, 3.8) is 0 Å². The van der Waals surface area contributed by atoms with Gasteiger partial charge in [-0.2, -0.15) is 0 Å². The van der Waals surface area contributed by atoms with Crippen LogP contribution in [0.3, 0.4) is 0 Å². The zero-order valence-corrected chi connectivity index (χ0v) is 11.3. The minimum Gasteiger partial charge on any atom is -0.447 e. The van der Waals surface area contributed by atoms with E-state index in [0.717, 1.165) is 5.69 Å². The number of cyclic esters (lactones) is 1. The number of hydrogen-bond donors (Lipinski definition) is 0. The Bertz CT molecular complexity index is 466. The van der Waals surface area contributed by atoms with Gasteiger partial charge in [-0.1, -0.05) is 0 Å². The van der Waals surface area contributed by atoms with Gasteiger partial charge in [0.2, 0.25) is 0 Å². The third-order valence-electron chi connectivity index (χ3n) is 3.24. The van der Waals surface area contributed by atoms with Gasteiger partial charge in [-0.15, -0.1) is 0 Å². The zero-order chi connectivity index (χ0) is 13.8. The van der Waals surface area contributed by atoms with E-state index in [1.54, 1.807) is 34.1 Å². The van der Waals surface area contributed by atoms with E-state index in [1.165, 1.54) is 0 Å². The Labute approximate surface area is 112 Å². The van der Waals surface area contributed by atoms with Gasteiger partial charge in [0.25, 0.3) is 5.91 Å². The van der Waals surface area contributed by atoms with Crippen LogP contribution in [0.2, 0.25) is 0 Å². The van der Waals surface area contributed by atoms with E-state index in [9.17, 15) is 9.59 Å². The van der Waals surface area contributed by atoms with Crippen LogP contribution in [0.1, 0.15) is 24.2 Å². The summed E-state index contributed by atoms with van der Waals surface area (Å²) in [5, 5.41) is 0. The van der Waals surface area contributed by atoms with Crippen LogP contribution >= 0.6 is 0 Å². The lowest BCUT2D eigenvalue weighted by Crippen LogP contribution is -2.30. The molecular weight excluding hydrogens is 244 g/mol. The second kappa shape index (κ2) is 5.73. The topological polar surface area (TPSA) is 49.9 Å². The van der Waals surface area contributed by atoms with Gasteiger partial charge < -0.3 is 9.64 Å². The molecule has 0 radical (unpaired) electrons. The zero-order valence-electron chi connectivity index (χ0n) is 11.3. The maximum absolute atomic E-state index is 12.1. The van der Waals surface area contributed by atoms with Crippen LogP contribution in [-0.2, 0) is 4.74 Å². The molecule has 5 heteroatoms. The van der Waals surface area contributed by atoms with E-state index < -0.39 is 0 Å². The Morgan fingerprint density at radius 1 is 1.26 bits per heavy atom. The first-order valence-electron chi connectivity index (χ1n) is 6.51. The van der Waals surface area contributed by atoms with E-state index >= 15 is 0 Å². The van der Waals surface area contributed by atoms with Crippen molar-refractivity contribution in [3.8, 4) is 0 Å². The van der Waals surface area contributed by atoms with Crippen molar-refractivity contribution in [1.82, 2.24) is 4.90 Å². The standard InChI is InChI=1S/C14H18N2O3/c1-3-15(4-2)13(17)11-5-7-12(8-6-11)16-9-10-19-14(16)18/h5-8H,3-4,9-10H2,1-2H3. The van der Waals surface area contributed by atoms with Crippen molar-refractivity contribution >= 4 is 17.7 Å². The van der Waals surface area contributed by atoms with Crippen molar-refractivity contribution in [2.75, 3.05) is 31.1 Å². The summed E-state index contributed by atoms with van der Waals surface area (Å²) in [7, 11) is 0. The van der Waals surface area contributed by atoms with Gasteiger partial charge in [0.15, 0.2) is 0 Å². The highest BCUT2D eigenvalue weighted by Crippen LogP contribution is 2.19. The highest BCUT2D eigenvalue weighted by Gasteiger charge is 2.23. The lowest BCUT2D eigenvalue weighted by atomic mass is 10.1. The lowest BCUT2D eigenvalue weighted by molar-refractivity contribution is 0.0773. The largest absolute Gasteiger partial charge is 0.447 e. The molecule has 2 rings (SSSR count). The van der Waals surface area contributed by atoms with E-state index in [1.807, 2.05) is 13.8 Å². The van der Waals surface area contributed by atoms with Crippen molar-refractivity contribution < 1.29 is 14.3 Å². The minimum absolute atomic E-state index is 0.0144. The molecule has 2 amide bonds. The molecule has 0 spiro atoms. The Morgan fingerprint density at radius 3 is 2.37 bits per heavy atom. The summed E-state index contributed by atoms with van der Waals surface area (Å²) in [5.74, 6) is 0.0144. The van der Waals surface area contributed by atoms with Gasteiger partial charge in [-0.3, -0.25) is 9.69 Å². The summed E-state index contributed by atoms with van der Waals surface area (Å²) in [4.78, 5) is 26.9. The molecule has 0 aromatic heterocycles. The fourth-order valence-corrected chi connectivity index (χ4v) is 2.11. The minimum atomic E-state index is -0.331. The molecule has 0 atom stereocenters. The van der Waals surface area contributed by atoms with Crippen molar-refractivity contribution in [1.29, 1.82) is 0 Å². The maximum atomic E-state index is 12.1. The molecule has 19 heavy (non-hydrogen) atoms. The molecule has 1 aromatic rings. The number of benzene rings is 1. The summed E-state index contributed by atoms with van der Waals surface area (Å²) in [5.41, 5.74) is 1.40. The predicted molar refractivity (Wildman–Crippen MR) is 72.4 cm³/mol. The second-order valence-electron chi connectivity index (χ2n) is 4.29. The number of nitrogens with zero attached hydrogens (tertiary/aromatic N) is 2. The Hall–Kier alpha value is -2.04. The molecule has 1 aliphatic heterocycles. The van der Waals surface area contributed by atoms with E-state index in [2.05, 4.69) is 0 Å². The maximum Gasteiger partial charge on any atom is 0.414 e. The number of amides is 2. The highest BCUT2D eigenvalue weighted by molar-refractivity contribution is 5.95. The Kier molecular flexibility index (Phi) is 4.04. The number of rotatable bonds is 4. The molecule has 1 aliphatic rings. The average molecular weight is 262 g/mol. The van der Waals surface area contributed by atoms with Crippen molar-refractivity contribution in [2.24, 2.45) is 0 Å². The number of anilines is 1. The molecule has 1 heterocycles. The predicted octanol–water partition coefficient (Wildman–Crippen LogP) is 2.13. The first-order chi connectivity index (χ1) is 9.17. The Morgan fingerprint density at radius 2 is 1.89 bits per heavy atom. The number of hydrogen-bond acceptors (Lipinski definition) is 3. The summed E-state index contributed by atoms with van der Waals surface area (Å²) in [6, 6.07) is 7.07. The van der Waals surface area contributed by atoms with E-state index in [4.69, 9.17) is 4.74 Å². The summed E-state index contributed by atoms with van der Waals surface area (Å²) >= 11 is 0. The quantitative estimate of drug-likeness (QED) is 0.835. The van der Waals surface area contributed by atoms with Crippen LogP contribution in [0.15, 0.2) is 24.3 Å². The van der Waals surface area contributed by atoms with Crippen LogP contribution in [0.25, 0.3) is 0 Å². The van der Waals surface area contributed by atoms with Gasteiger partial charge in [-0.05, 0) is 38.1 Å². The molecule has 0 unspecified atom stereocenters. The second-order valence-corrected chi connectivity index (χ2v) is 4.29. The molecule has 0 saturated carbocycles. The molecule has 1 fully saturated rings. The Balaban J connectivity index is 2.14. The van der Waals surface area contributed by atoms with E-state index in [0.29, 0.717) is 31.8 Å². The molecule has 0 N–H and O–H groups in total. The van der Waals surface area contributed by atoms with Crippen LogP contribution in [-0.4, -0.2) is 43.1 Å². The smallest absolute Gasteiger partial charge is 0.414 e. The molecule has 5 nitrogen and oxygen atoms in total. The van der Waals surface area contributed by atoms with Gasteiger partial charge in [0, 0.05) is 24.3 Å². The SMILES string of the molecule is CCN(CC)C(=O)c1ccc(N2CCOC2=O)cc1. The third-order valence-corrected chi connectivity index (χ3v) is 3.24. The summed E-state index contributed by atoms with van der Waals surface area (Å²) in [6.07, 6.45) is -0.331. The highest BCUT2D eigenvalue weighted by atomic mass is 16.6. The number of ether oxygens (including phenoxy) is 1. The normalized spacial score (nSPS) is 14.4. The monoisotopic (exact) mass is 262 g/mol. The first kappa shape index (κ1) is 13.4. The third kappa shape index (κ3) is 2.70. The fourth-order valence-electron chi connectivity index (χ4n) is 2.11. The number of carbonyl (C=O) groups excluding carboxylic acids is 2. The van der Waals surface area contributed by atoms with Gasteiger partial charge in [0.05, 0.1) is 6.54 Å². The number of carbonyl (C=O) groups is 2. The van der Waals surface area contributed by atoms with Gasteiger partial charge in [0.1, 0.15) is 6.61 Å². The van der Waals surface area contributed by atoms with Crippen LogP contribution in [0.4, 0.5) is 10.5 Å². The van der Waals surface area contributed by atoms with Crippen LogP contribution in [0, 0.1) is 0 Å². The molecular formula is C14H18N2O3. The van der Waals surface area contributed by atoms with Crippen LogP contribution < -0.4 is 4.90 Å². The average Bonchev–Trinajstić information content (AvgIpc) is 2.86. The van der Waals surface area contributed by atoms with Gasteiger partial charge in [-0.25, -0.2) is 4.79 Å². The summed E-state index contributed by atoms with van der Waals surface area (Å²) < 4.78 is 4.88. The van der Waals surface area contributed by atoms with Gasteiger partial charge >= 0.3 is 6.09 Å². The molecule has 1 aromatic carbocycles. The summed E-state index contributed by atoms with van der Waals surface area (Å²) in [6.45, 7) is 6.26. The molecule has 1 saturated heterocycles. The molecule has 102 valence electrons.